The molecule has 0 aliphatic rings. The molecule has 0 N–H and O–H groups in total. The molecule has 0 bridgehead atoms. The summed E-state index contributed by atoms with van der Waals surface area (Å²) < 4.78 is 45.0. The molecular weight excluding hydrogens is 299 g/mol. The van der Waals surface area contributed by atoms with Gasteiger partial charge in [-0.15, -0.1) is 5.10 Å². The first-order valence-corrected chi connectivity index (χ1v) is 6.57. The lowest BCUT2D eigenvalue weighted by Gasteiger charge is -2.13. The highest BCUT2D eigenvalue weighted by Gasteiger charge is 2.33. The van der Waals surface area contributed by atoms with Gasteiger partial charge in [0.2, 0.25) is 0 Å². The zero-order valence-electron chi connectivity index (χ0n) is 12.0. The molecule has 5 nitrogen and oxygen atoms in total. The van der Waals surface area contributed by atoms with Gasteiger partial charge in [-0.25, -0.2) is 9.48 Å². The van der Waals surface area contributed by atoms with E-state index in [1.807, 2.05) is 0 Å². The van der Waals surface area contributed by atoms with Crippen LogP contribution in [-0.2, 0) is 17.5 Å². The van der Waals surface area contributed by atoms with E-state index in [2.05, 4.69) is 10.3 Å². The van der Waals surface area contributed by atoms with Crippen molar-refractivity contribution in [3.63, 3.8) is 0 Å². The highest BCUT2D eigenvalue weighted by atomic mass is 19.4. The highest BCUT2D eigenvalue weighted by molar-refractivity contribution is 5.88. The zero-order chi connectivity index (χ0) is 16.3. The Morgan fingerprint density at radius 1 is 1.32 bits per heavy atom. The normalized spacial score (nSPS) is 11.5. The maximum absolute atomic E-state index is 13.0. The van der Waals surface area contributed by atoms with Crippen molar-refractivity contribution in [2.24, 2.45) is 0 Å². The lowest BCUT2D eigenvalue weighted by Crippen LogP contribution is -2.13. The number of alkyl halides is 3. The molecule has 0 saturated heterocycles. The Hall–Kier alpha value is -2.38. The van der Waals surface area contributed by atoms with Crippen LogP contribution in [0.25, 0.3) is 0 Å². The van der Waals surface area contributed by atoms with Gasteiger partial charge in [-0.2, -0.15) is 13.2 Å². The maximum atomic E-state index is 13.0. The second-order valence-electron chi connectivity index (χ2n) is 4.56. The summed E-state index contributed by atoms with van der Waals surface area (Å²) in [6, 6.07) is 5.22. The van der Waals surface area contributed by atoms with E-state index in [1.165, 1.54) is 22.9 Å². The van der Waals surface area contributed by atoms with Crippen LogP contribution in [0.15, 0.2) is 24.3 Å². The van der Waals surface area contributed by atoms with Gasteiger partial charge in [0, 0.05) is 0 Å². The minimum absolute atomic E-state index is 0.00587. The second kappa shape index (κ2) is 6.17. The van der Waals surface area contributed by atoms with Gasteiger partial charge < -0.3 is 4.74 Å². The third-order valence-corrected chi connectivity index (χ3v) is 3.09. The summed E-state index contributed by atoms with van der Waals surface area (Å²) in [7, 11) is 0. The number of hydrogen-bond acceptors (Lipinski definition) is 4. The molecule has 0 saturated carbocycles. The van der Waals surface area contributed by atoms with Gasteiger partial charge >= 0.3 is 12.1 Å². The predicted octanol–water partition coefficient (Wildman–Crippen LogP) is 2.83. The fraction of sp³-hybridized carbons (Fsp3) is 0.357. The third kappa shape index (κ3) is 3.26. The summed E-state index contributed by atoms with van der Waals surface area (Å²) in [6.07, 6.45) is -4.45. The number of hydrogen-bond donors (Lipinski definition) is 0. The van der Waals surface area contributed by atoms with Crippen LogP contribution < -0.4 is 0 Å². The monoisotopic (exact) mass is 313 g/mol. The molecule has 2 aromatic rings. The van der Waals surface area contributed by atoms with Gasteiger partial charge in [0.15, 0.2) is 5.69 Å². The largest absolute Gasteiger partial charge is 0.461 e. The first-order valence-electron chi connectivity index (χ1n) is 6.57. The van der Waals surface area contributed by atoms with Crippen molar-refractivity contribution >= 4 is 5.97 Å². The van der Waals surface area contributed by atoms with Crippen LogP contribution in [0.2, 0.25) is 0 Å². The molecular formula is C14H14F3N3O2. The van der Waals surface area contributed by atoms with Crippen LogP contribution in [-0.4, -0.2) is 27.6 Å². The Morgan fingerprint density at radius 2 is 2.00 bits per heavy atom. The van der Waals surface area contributed by atoms with E-state index in [1.54, 1.807) is 13.8 Å². The minimum atomic E-state index is -4.45. The molecule has 0 fully saturated rings. The summed E-state index contributed by atoms with van der Waals surface area (Å²) in [5.74, 6) is -0.643. The smallest absolute Gasteiger partial charge is 0.416 e. The number of carbonyl (C=O) groups excluding carboxylic acids is 1. The van der Waals surface area contributed by atoms with Crippen molar-refractivity contribution in [1.29, 1.82) is 0 Å². The van der Waals surface area contributed by atoms with E-state index < -0.39 is 17.7 Å². The number of halogens is 3. The standard InChI is InChI=1S/C14H14F3N3O2/c1-3-22-13(21)12-9(2)20(19-18-12)8-10-6-4-5-7-11(10)14(15,16)17/h4-7H,3,8H2,1-2H3. The number of nitrogens with zero attached hydrogens (tertiary/aromatic N) is 3. The number of rotatable bonds is 4. The number of benzene rings is 1. The van der Waals surface area contributed by atoms with Crippen molar-refractivity contribution in [3.05, 3.63) is 46.8 Å². The second-order valence-corrected chi connectivity index (χ2v) is 4.56. The molecule has 0 amide bonds. The summed E-state index contributed by atoms with van der Waals surface area (Å²) in [4.78, 5) is 11.6. The molecule has 0 spiro atoms. The summed E-state index contributed by atoms with van der Waals surface area (Å²) >= 11 is 0. The number of ether oxygens (including phenoxy) is 1. The lowest BCUT2D eigenvalue weighted by molar-refractivity contribution is -0.138. The molecule has 8 heteroatoms. The van der Waals surface area contributed by atoms with E-state index >= 15 is 0 Å². The van der Waals surface area contributed by atoms with E-state index in [-0.39, 0.29) is 24.4 Å². The maximum Gasteiger partial charge on any atom is 0.416 e. The quantitative estimate of drug-likeness (QED) is 0.815. The molecule has 2 rings (SSSR count). The van der Waals surface area contributed by atoms with Gasteiger partial charge in [0.05, 0.1) is 24.4 Å². The predicted molar refractivity (Wildman–Crippen MR) is 71.3 cm³/mol. The molecule has 0 unspecified atom stereocenters. The molecule has 1 aromatic heterocycles. The van der Waals surface area contributed by atoms with E-state index in [4.69, 9.17) is 4.74 Å². The SMILES string of the molecule is CCOC(=O)c1nnn(Cc2ccccc2C(F)(F)F)c1C. The molecule has 0 atom stereocenters. The van der Waals surface area contributed by atoms with E-state index in [0.717, 1.165) is 6.07 Å². The topological polar surface area (TPSA) is 57.0 Å². The fourth-order valence-corrected chi connectivity index (χ4v) is 1.99. The average molecular weight is 313 g/mol. The Labute approximate surface area is 124 Å². The molecule has 0 aliphatic carbocycles. The minimum Gasteiger partial charge on any atom is -0.461 e. The molecule has 118 valence electrons. The molecule has 0 aliphatic heterocycles. The van der Waals surface area contributed by atoms with Crippen LogP contribution >= 0.6 is 0 Å². The van der Waals surface area contributed by atoms with E-state index in [0.29, 0.717) is 5.69 Å². The molecule has 1 aromatic carbocycles. The molecule has 1 heterocycles. The Bertz CT molecular complexity index is 680. The van der Waals surface area contributed by atoms with Gasteiger partial charge in [-0.3, -0.25) is 0 Å². The number of aromatic nitrogens is 3. The van der Waals surface area contributed by atoms with Crippen molar-refractivity contribution in [3.8, 4) is 0 Å². The van der Waals surface area contributed by atoms with E-state index in [9.17, 15) is 18.0 Å². The summed E-state index contributed by atoms with van der Waals surface area (Å²) in [5.41, 5.74) is -0.317. The van der Waals surface area contributed by atoms with Crippen molar-refractivity contribution in [2.75, 3.05) is 6.61 Å². The van der Waals surface area contributed by atoms with Crippen molar-refractivity contribution in [2.45, 2.75) is 26.6 Å². The van der Waals surface area contributed by atoms with Crippen molar-refractivity contribution in [1.82, 2.24) is 15.0 Å². The Kier molecular flexibility index (Phi) is 4.48. The van der Waals surface area contributed by atoms with Crippen molar-refractivity contribution < 1.29 is 22.7 Å². The Morgan fingerprint density at radius 3 is 2.64 bits per heavy atom. The summed E-state index contributed by atoms with van der Waals surface area (Å²) in [6.45, 7) is 3.26. The van der Waals surface area contributed by atoms with Crippen LogP contribution in [0, 0.1) is 6.92 Å². The summed E-state index contributed by atoms with van der Waals surface area (Å²) in [5, 5.41) is 7.42. The first kappa shape index (κ1) is 16.0. The first-order chi connectivity index (χ1) is 10.3. The zero-order valence-corrected chi connectivity index (χ0v) is 12.0. The van der Waals surface area contributed by atoms with Gasteiger partial charge in [-0.05, 0) is 25.5 Å². The van der Waals surface area contributed by atoms with Crippen LogP contribution in [0.5, 0.6) is 0 Å². The van der Waals surface area contributed by atoms with Crippen LogP contribution in [0.1, 0.15) is 34.2 Å². The van der Waals surface area contributed by atoms with Gasteiger partial charge in [-0.1, -0.05) is 23.4 Å². The van der Waals surface area contributed by atoms with Crippen LogP contribution in [0.3, 0.4) is 0 Å². The average Bonchev–Trinajstić information content (AvgIpc) is 2.80. The lowest BCUT2D eigenvalue weighted by atomic mass is 10.1. The fourth-order valence-electron chi connectivity index (χ4n) is 1.99. The van der Waals surface area contributed by atoms with Gasteiger partial charge in [0.1, 0.15) is 0 Å². The number of esters is 1. The number of carbonyl (C=O) groups is 1. The molecule has 0 radical (unpaired) electrons. The highest BCUT2D eigenvalue weighted by Crippen LogP contribution is 2.32. The third-order valence-electron chi connectivity index (χ3n) is 3.09. The van der Waals surface area contributed by atoms with Gasteiger partial charge in [0.25, 0.3) is 0 Å². The molecule has 22 heavy (non-hydrogen) atoms. The van der Waals surface area contributed by atoms with Crippen LogP contribution in [0.4, 0.5) is 13.2 Å². The Balaban J connectivity index is 2.32.